The molecule has 0 saturated heterocycles. The molecule has 2 aromatic rings. The van der Waals surface area contributed by atoms with Gasteiger partial charge in [-0.1, -0.05) is 54.6 Å². The maximum absolute atomic E-state index is 12.2. The normalized spacial score (nSPS) is 11.4. The molecule has 0 radical (unpaired) electrons. The third-order valence-electron chi connectivity index (χ3n) is 4.03. The first-order valence-electron chi connectivity index (χ1n) is 9.18. The van der Waals surface area contributed by atoms with Gasteiger partial charge in [-0.2, -0.15) is 0 Å². The summed E-state index contributed by atoms with van der Waals surface area (Å²) in [5.41, 5.74) is 1.96. The molecule has 0 aliphatic rings. The van der Waals surface area contributed by atoms with Crippen molar-refractivity contribution in [2.24, 2.45) is 0 Å². The fourth-order valence-electron chi connectivity index (χ4n) is 2.75. The Kier molecular flexibility index (Phi) is 7.90. The Balaban J connectivity index is 1.90. The molecular formula is C21H26N2O4S. The molecule has 0 aromatic heterocycles. The SMILES string of the molecule is CC(C)NS(=O)(=O)Cc1ccccc1CNC(=O)CCC(=O)c1ccccc1. The zero-order valence-corrected chi connectivity index (χ0v) is 17.0. The smallest absolute Gasteiger partial charge is 0.220 e. The molecule has 0 aliphatic heterocycles. The molecular weight excluding hydrogens is 376 g/mol. The van der Waals surface area contributed by atoms with Crippen molar-refractivity contribution in [3.05, 3.63) is 71.3 Å². The molecule has 2 N–H and O–H groups in total. The quantitative estimate of drug-likeness (QED) is 0.598. The van der Waals surface area contributed by atoms with Crippen LogP contribution in [0.1, 0.15) is 48.2 Å². The van der Waals surface area contributed by atoms with E-state index in [1.54, 1.807) is 62.4 Å². The number of sulfonamides is 1. The number of hydrogen-bond acceptors (Lipinski definition) is 4. The van der Waals surface area contributed by atoms with Crippen molar-refractivity contribution in [1.82, 2.24) is 10.0 Å². The first kappa shape index (κ1) is 21.8. The van der Waals surface area contributed by atoms with Gasteiger partial charge in [0, 0.05) is 31.0 Å². The average Bonchev–Trinajstić information content (AvgIpc) is 2.64. The highest BCUT2D eigenvalue weighted by molar-refractivity contribution is 7.88. The van der Waals surface area contributed by atoms with Gasteiger partial charge in [0.1, 0.15) is 0 Å². The van der Waals surface area contributed by atoms with Crippen molar-refractivity contribution in [1.29, 1.82) is 0 Å². The largest absolute Gasteiger partial charge is 0.352 e. The lowest BCUT2D eigenvalue weighted by atomic mass is 10.1. The highest BCUT2D eigenvalue weighted by Gasteiger charge is 2.16. The van der Waals surface area contributed by atoms with Gasteiger partial charge in [-0.15, -0.1) is 0 Å². The molecule has 0 spiro atoms. The van der Waals surface area contributed by atoms with E-state index in [1.165, 1.54) is 0 Å². The Labute approximate surface area is 166 Å². The van der Waals surface area contributed by atoms with E-state index in [1.807, 2.05) is 6.07 Å². The molecule has 0 atom stereocenters. The fraction of sp³-hybridized carbons (Fsp3) is 0.333. The molecule has 7 heteroatoms. The van der Waals surface area contributed by atoms with E-state index in [0.717, 1.165) is 5.56 Å². The Morgan fingerprint density at radius 3 is 2.14 bits per heavy atom. The van der Waals surface area contributed by atoms with Gasteiger partial charge in [-0.3, -0.25) is 9.59 Å². The molecule has 2 aromatic carbocycles. The Morgan fingerprint density at radius 2 is 1.50 bits per heavy atom. The van der Waals surface area contributed by atoms with Crippen LogP contribution in [0.4, 0.5) is 0 Å². The Hall–Kier alpha value is -2.51. The summed E-state index contributed by atoms with van der Waals surface area (Å²) in [6.07, 6.45) is 0.216. The van der Waals surface area contributed by atoms with E-state index in [4.69, 9.17) is 0 Å². The zero-order chi connectivity index (χ0) is 20.6. The van der Waals surface area contributed by atoms with E-state index in [2.05, 4.69) is 10.0 Å². The van der Waals surface area contributed by atoms with Crippen molar-refractivity contribution in [2.75, 3.05) is 0 Å². The molecule has 150 valence electrons. The van der Waals surface area contributed by atoms with Crippen LogP contribution in [-0.2, 0) is 27.1 Å². The second-order valence-electron chi connectivity index (χ2n) is 6.87. The number of carbonyl (C=O) groups excluding carboxylic acids is 2. The average molecular weight is 403 g/mol. The van der Waals surface area contributed by atoms with E-state index in [-0.39, 0.29) is 42.9 Å². The number of amides is 1. The van der Waals surface area contributed by atoms with E-state index in [9.17, 15) is 18.0 Å². The van der Waals surface area contributed by atoms with Crippen LogP contribution in [0.15, 0.2) is 54.6 Å². The minimum Gasteiger partial charge on any atom is -0.352 e. The second kappa shape index (κ2) is 10.1. The topological polar surface area (TPSA) is 92.3 Å². The molecule has 0 fully saturated rings. The second-order valence-corrected chi connectivity index (χ2v) is 8.62. The number of hydrogen-bond donors (Lipinski definition) is 2. The zero-order valence-electron chi connectivity index (χ0n) is 16.1. The van der Waals surface area contributed by atoms with Crippen LogP contribution in [0.2, 0.25) is 0 Å². The molecule has 2 rings (SSSR count). The number of ketones is 1. The van der Waals surface area contributed by atoms with Gasteiger partial charge in [0.2, 0.25) is 15.9 Å². The van der Waals surface area contributed by atoms with Crippen molar-refractivity contribution >= 4 is 21.7 Å². The summed E-state index contributed by atoms with van der Waals surface area (Å²) in [5, 5.41) is 2.77. The number of carbonyl (C=O) groups is 2. The standard InChI is InChI=1S/C21H26N2O4S/c1-16(2)23-28(26,27)15-19-11-7-6-10-18(19)14-22-21(25)13-12-20(24)17-8-4-3-5-9-17/h3-11,16,23H,12-15H2,1-2H3,(H,22,25). The van der Waals surface area contributed by atoms with Crippen molar-refractivity contribution in [2.45, 2.75) is 45.0 Å². The summed E-state index contributed by atoms with van der Waals surface area (Å²) in [5.74, 6) is -0.478. The summed E-state index contributed by atoms with van der Waals surface area (Å²) in [7, 11) is -3.45. The predicted molar refractivity (Wildman–Crippen MR) is 109 cm³/mol. The number of Topliss-reactive ketones (excluding diaryl/α,β-unsaturated/α-hetero) is 1. The van der Waals surface area contributed by atoms with Crippen molar-refractivity contribution < 1.29 is 18.0 Å². The lowest BCUT2D eigenvalue weighted by Gasteiger charge is -2.13. The Morgan fingerprint density at radius 1 is 0.893 bits per heavy atom. The van der Waals surface area contributed by atoms with E-state index in [0.29, 0.717) is 11.1 Å². The van der Waals surface area contributed by atoms with Crippen LogP contribution >= 0.6 is 0 Å². The molecule has 0 unspecified atom stereocenters. The minimum absolute atomic E-state index is 0.0815. The highest BCUT2D eigenvalue weighted by atomic mass is 32.2. The number of nitrogens with one attached hydrogen (secondary N) is 2. The third-order valence-corrected chi connectivity index (χ3v) is 5.55. The summed E-state index contributed by atoms with van der Waals surface area (Å²) in [6, 6.07) is 15.8. The van der Waals surface area contributed by atoms with Gasteiger partial charge in [0.05, 0.1) is 5.75 Å². The number of benzene rings is 2. The van der Waals surface area contributed by atoms with E-state index < -0.39 is 10.0 Å². The van der Waals surface area contributed by atoms with Gasteiger partial charge in [-0.05, 0) is 25.0 Å². The molecule has 28 heavy (non-hydrogen) atoms. The van der Waals surface area contributed by atoms with Crippen LogP contribution in [0, 0.1) is 0 Å². The molecule has 6 nitrogen and oxygen atoms in total. The van der Waals surface area contributed by atoms with E-state index >= 15 is 0 Å². The van der Waals surface area contributed by atoms with Gasteiger partial charge >= 0.3 is 0 Å². The van der Waals surface area contributed by atoms with Gasteiger partial charge < -0.3 is 5.32 Å². The fourth-order valence-corrected chi connectivity index (χ4v) is 4.25. The van der Waals surface area contributed by atoms with Gasteiger partial charge in [0.15, 0.2) is 5.78 Å². The van der Waals surface area contributed by atoms with Crippen molar-refractivity contribution in [3.63, 3.8) is 0 Å². The lowest BCUT2D eigenvalue weighted by molar-refractivity contribution is -0.121. The predicted octanol–water partition coefficient (Wildman–Crippen LogP) is 2.79. The van der Waals surface area contributed by atoms with Gasteiger partial charge in [-0.25, -0.2) is 13.1 Å². The monoisotopic (exact) mass is 402 g/mol. The van der Waals surface area contributed by atoms with Gasteiger partial charge in [0.25, 0.3) is 0 Å². The highest BCUT2D eigenvalue weighted by Crippen LogP contribution is 2.13. The number of rotatable bonds is 10. The lowest BCUT2D eigenvalue weighted by Crippen LogP contribution is -2.32. The molecule has 1 amide bonds. The summed E-state index contributed by atoms with van der Waals surface area (Å²) in [4.78, 5) is 24.2. The third kappa shape index (κ3) is 7.25. The summed E-state index contributed by atoms with van der Waals surface area (Å²) < 4.78 is 26.9. The molecule has 0 bridgehead atoms. The van der Waals surface area contributed by atoms with Crippen molar-refractivity contribution in [3.8, 4) is 0 Å². The van der Waals surface area contributed by atoms with Crippen LogP contribution in [-0.4, -0.2) is 26.2 Å². The molecule has 0 heterocycles. The maximum atomic E-state index is 12.2. The Bertz CT molecular complexity index is 909. The molecule has 0 saturated carbocycles. The summed E-state index contributed by atoms with van der Waals surface area (Å²) >= 11 is 0. The summed E-state index contributed by atoms with van der Waals surface area (Å²) in [6.45, 7) is 3.74. The van der Waals surface area contributed by atoms with Crippen LogP contribution < -0.4 is 10.0 Å². The first-order valence-corrected chi connectivity index (χ1v) is 10.8. The van der Waals surface area contributed by atoms with Crippen LogP contribution in [0.25, 0.3) is 0 Å². The van der Waals surface area contributed by atoms with Crippen LogP contribution in [0.3, 0.4) is 0 Å². The van der Waals surface area contributed by atoms with Crippen LogP contribution in [0.5, 0.6) is 0 Å². The maximum Gasteiger partial charge on any atom is 0.220 e. The molecule has 0 aliphatic carbocycles. The minimum atomic E-state index is -3.45. The first-order chi connectivity index (χ1) is 13.3.